The number of amides is 2. The predicted octanol–water partition coefficient (Wildman–Crippen LogP) is 4.47. The number of benzene rings is 2. The molecule has 0 saturated carbocycles. The van der Waals surface area contributed by atoms with Gasteiger partial charge in [-0.3, -0.25) is 9.59 Å². The highest BCUT2D eigenvalue weighted by molar-refractivity contribution is 9.10. The first-order chi connectivity index (χ1) is 13.8. The van der Waals surface area contributed by atoms with E-state index in [1.807, 2.05) is 57.2 Å². The normalized spacial score (nSPS) is 12.7. The molecule has 156 valence electrons. The largest absolute Gasteiger partial charge is 0.484 e. The van der Waals surface area contributed by atoms with E-state index in [0.29, 0.717) is 12.3 Å². The molecule has 2 atom stereocenters. The molecule has 0 aromatic heterocycles. The van der Waals surface area contributed by atoms with Gasteiger partial charge in [-0.1, -0.05) is 47.1 Å². The quantitative estimate of drug-likeness (QED) is 0.600. The Labute approximate surface area is 181 Å². The molecule has 0 saturated heterocycles. The number of aryl methyl sites for hydroxylation is 1. The van der Waals surface area contributed by atoms with Gasteiger partial charge >= 0.3 is 0 Å². The van der Waals surface area contributed by atoms with Crippen molar-refractivity contribution in [1.82, 2.24) is 10.2 Å². The number of nitrogens with zero attached hydrogens (tertiary/aromatic N) is 1. The minimum atomic E-state index is -0.607. The van der Waals surface area contributed by atoms with Crippen LogP contribution in [0.1, 0.15) is 38.3 Å². The second kappa shape index (κ2) is 11.0. The molecule has 0 aliphatic heterocycles. The zero-order chi connectivity index (χ0) is 21.4. The van der Waals surface area contributed by atoms with Gasteiger partial charge in [-0.15, -0.1) is 0 Å². The number of carbonyl (C=O) groups excluding carboxylic acids is 2. The fraction of sp³-hybridized carbons (Fsp3) is 0.391. The number of nitrogens with one attached hydrogen (secondary N) is 1. The molecule has 0 aliphatic rings. The highest BCUT2D eigenvalue weighted by Crippen LogP contribution is 2.17. The second-order valence-corrected chi connectivity index (χ2v) is 8.10. The molecule has 0 aliphatic carbocycles. The Hall–Kier alpha value is -2.34. The number of rotatable bonds is 9. The van der Waals surface area contributed by atoms with Crippen molar-refractivity contribution in [1.29, 1.82) is 0 Å². The lowest BCUT2D eigenvalue weighted by molar-refractivity contribution is -0.142. The van der Waals surface area contributed by atoms with Gasteiger partial charge in [0.2, 0.25) is 5.91 Å². The lowest BCUT2D eigenvalue weighted by Gasteiger charge is -2.30. The van der Waals surface area contributed by atoms with Crippen LogP contribution < -0.4 is 10.1 Å². The van der Waals surface area contributed by atoms with Crippen molar-refractivity contribution in [3.05, 3.63) is 64.1 Å². The average molecular weight is 461 g/mol. The Morgan fingerprint density at radius 1 is 1.10 bits per heavy atom. The van der Waals surface area contributed by atoms with Crippen LogP contribution >= 0.6 is 15.9 Å². The molecular formula is C23H29BrN2O3. The summed E-state index contributed by atoms with van der Waals surface area (Å²) >= 11 is 3.38. The van der Waals surface area contributed by atoms with Crippen LogP contribution in [0.4, 0.5) is 0 Å². The van der Waals surface area contributed by atoms with Crippen LogP contribution in [-0.4, -0.2) is 35.4 Å². The molecule has 2 rings (SSSR count). The van der Waals surface area contributed by atoms with E-state index in [2.05, 4.69) is 21.2 Å². The van der Waals surface area contributed by atoms with E-state index in [0.717, 1.165) is 22.0 Å². The summed E-state index contributed by atoms with van der Waals surface area (Å²) < 4.78 is 6.60. The number of carbonyl (C=O) groups is 2. The smallest absolute Gasteiger partial charge is 0.261 e. The fourth-order valence-electron chi connectivity index (χ4n) is 2.78. The number of hydrogen-bond acceptors (Lipinski definition) is 3. The zero-order valence-corrected chi connectivity index (χ0v) is 19.0. The van der Waals surface area contributed by atoms with Crippen molar-refractivity contribution in [3.8, 4) is 5.75 Å². The van der Waals surface area contributed by atoms with Crippen molar-refractivity contribution < 1.29 is 14.3 Å². The number of ether oxygens (including phenoxy) is 1. The van der Waals surface area contributed by atoms with E-state index in [4.69, 9.17) is 4.74 Å². The Balaban J connectivity index is 2.15. The lowest BCUT2D eigenvalue weighted by Crippen LogP contribution is -2.50. The van der Waals surface area contributed by atoms with Gasteiger partial charge in [0, 0.05) is 17.1 Å². The molecule has 0 bridgehead atoms. The molecule has 29 heavy (non-hydrogen) atoms. The van der Waals surface area contributed by atoms with Crippen molar-refractivity contribution >= 4 is 27.7 Å². The van der Waals surface area contributed by atoms with Crippen molar-refractivity contribution in [2.75, 3.05) is 6.61 Å². The van der Waals surface area contributed by atoms with Gasteiger partial charge in [0.15, 0.2) is 6.61 Å². The maximum absolute atomic E-state index is 13.0. The minimum absolute atomic E-state index is 0.0550. The molecule has 6 heteroatoms. The van der Waals surface area contributed by atoms with E-state index < -0.39 is 6.04 Å². The summed E-state index contributed by atoms with van der Waals surface area (Å²) in [6.07, 6.45) is 0.830. The minimum Gasteiger partial charge on any atom is -0.484 e. The van der Waals surface area contributed by atoms with Gasteiger partial charge in [0.1, 0.15) is 11.8 Å². The maximum Gasteiger partial charge on any atom is 0.261 e. The zero-order valence-electron chi connectivity index (χ0n) is 17.4. The molecule has 2 unspecified atom stereocenters. The molecule has 5 nitrogen and oxygen atoms in total. The Bertz CT molecular complexity index is 823. The number of hydrogen-bond donors (Lipinski definition) is 1. The highest BCUT2D eigenvalue weighted by atomic mass is 79.9. The lowest BCUT2D eigenvalue weighted by atomic mass is 10.1. The van der Waals surface area contributed by atoms with E-state index in [1.165, 1.54) is 0 Å². The summed E-state index contributed by atoms with van der Waals surface area (Å²) in [7, 11) is 0. The summed E-state index contributed by atoms with van der Waals surface area (Å²) in [6, 6.07) is 14.6. The number of halogens is 1. The van der Waals surface area contributed by atoms with Gasteiger partial charge < -0.3 is 15.0 Å². The summed E-state index contributed by atoms with van der Waals surface area (Å²) in [4.78, 5) is 27.3. The Morgan fingerprint density at radius 3 is 2.38 bits per heavy atom. The summed E-state index contributed by atoms with van der Waals surface area (Å²) in [5.74, 6) is 0.210. The van der Waals surface area contributed by atoms with Gasteiger partial charge in [0.05, 0.1) is 0 Å². The first-order valence-electron chi connectivity index (χ1n) is 9.84. The topological polar surface area (TPSA) is 58.6 Å². The van der Waals surface area contributed by atoms with Crippen LogP contribution in [0.25, 0.3) is 0 Å². The van der Waals surface area contributed by atoms with Crippen LogP contribution in [-0.2, 0) is 16.1 Å². The third kappa shape index (κ3) is 6.89. The maximum atomic E-state index is 13.0. The Morgan fingerprint density at radius 2 is 1.76 bits per heavy atom. The second-order valence-electron chi connectivity index (χ2n) is 7.18. The van der Waals surface area contributed by atoms with Gasteiger partial charge in [-0.25, -0.2) is 0 Å². The van der Waals surface area contributed by atoms with E-state index in [1.54, 1.807) is 24.0 Å². The van der Waals surface area contributed by atoms with Crippen LogP contribution in [0, 0.1) is 6.92 Å². The molecule has 0 spiro atoms. The van der Waals surface area contributed by atoms with E-state index in [-0.39, 0.29) is 24.5 Å². The summed E-state index contributed by atoms with van der Waals surface area (Å²) in [6.45, 7) is 7.94. The van der Waals surface area contributed by atoms with Gasteiger partial charge in [0.25, 0.3) is 5.91 Å². The van der Waals surface area contributed by atoms with Gasteiger partial charge in [-0.05, 0) is 62.6 Å². The van der Waals surface area contributed by atoms with E-state index >= 15 is 0 Å². The predicted molar refractivity (Wildman–Crippen MR) is 119 cm³/mol. The fourth-order valence-corrected chi connectivity index (χ4v) is 3.04. The molecule has 2 aromatic rings. The van der Waals surface area contributed by atoms with Crippen LogP contribution in [0.2, 0.25) is 0 Å². The van der Waals surface area contributed by atoms with Crippen molar-refractivity contribution in [2.45, 2.75) is 52.7 Å². The van der Waals surface area contributed by atoms with Crippen molar-refractivity contribution in [2.24, 2.45) is 0 Å². The molecule has 2 aromatic carbocycles. The summed E-state index contributed by atoms with van der Waals surface area (Å²) in [5, 5.41) is 2.97. The van der Waals surface area contributed by atoms with E-state index in [9.17, 15) is 9.59 Å². The monoisotopic (exact) mass is 460 g/mol. The molecule has 1 N–H and O–H groups in total. The van der Waals surface area contributed by atoms with Crippen LogP contribution in [0.15, 0.2) is 53.0 Å². The molecule has 0 radical (unpaired) electrons. The molecule has 0 fully saturated rings. The van der Waals surface area contributed by atoms with Crippen LogP contribution in [0.3, 0.4) is 0 Å². The van der Waals surface area contributed by atoms with Crippen LogP contribution in [0.5, 0.6) is 5.75 Å². The molecule has 0 heterocycles. The average Bonchev–Trinajstić information content (AvgIpc) is 2.71. The highest BCUT2D eigenvalue weighted by Gasteiger charge is 2.27. The Kier molecular flexibility index (Phi) is 8.70. The van der Waals surface area contributed by atoms with Crippen molar-refractivity contribution in [3.63, 3.8) is 0 Å². The van der Waals surface area contributed by atoms with Gasteiger partial charge in [-0.2, -0.15) is 0 Å². The SMILES string of the molecule is CCC(C)NC(=O)C(C)N(Cc1ccccc1C)C(=O)COc1ccc(Br)cc1. The third-order valence-electron chi connectivity index (χ3n) is 4.95. The first kappa shape index (κ1) is 22.9. The third-order valence-corrected chi connectivity index (χ3v) is 5.47. The first-order valence-corrected chi connectivity index (χ1v) is 10.6. The molecular weight excluding hydrogens is 432 g/mol. The summed E-state index contributed by atoms with van der Waals surface area (Å²) in [5.41, 5.74) is 2.08. The molecule has 2 amide bonds. The standard InChI is InChI=1S/C23H29BrN2O3/c1-5-17(3)25-23(28)18(4)26(14-19-9-7-6-8-16(19)2)22(27)15-29-21-12-10-20(24)11-13-21/h6-13,17-18H,5,14-15H2,1-4H3,(H,25,28).